The van der Waals surface area contributed by atoms with Gasteiger partial charge in [-0.1, -0.05) is 13.2 Å². The van der Waals surface area contributed by atoms with Crippen molar-refractivity contribution in [2.45, 2.75) is 25.7 Å². The van der Waals surface area contributed by atoms with Crippen LogP contribution in [-0.4, -0.2) is 34.7 Å². The number of amides is 2. The number of carbonyl (C=O) groups excluding carboxylic acids is 2. The van der Waals surface area contributed by atoms with Crippen LogP contribution in [0.15, 0.2) is 25.6 Å². The standard InChI is InChI=1S/C14H20N2O2/c1-3-15-9-7-11(13(15)17)5-6-12-8-10-16(4-2)14(12)18/h3-4,11-12H,1-2,5-10H2. The lowest BCUT2D eigenvalue weighted by molar-refractivity contribution is -0.131. The molecule has 0 aliphatic carbocycles. The highest BCUT2D eigenvalue weighted by atomic mass is 16.2. The molecule has 18 heavy (non-hydrogen) atoms. The summed E-state index contributed by atoms with van der Waals surface area (Å²) in [6.07, 6.45) is 6.59. The van der Waals surface area contributed by atoms with Crippen molar-refractivity contribution in [1.29, 1.82) is 0 Å². The molecule has 2 aliphatic heterocycles. The zero-order chi connectivity index (χ0) is 13.1. The van der Waals surface area contributed by atoms with E-state index >= 15 is 0 Å². The van der Waals surface area contributed by atoms with Crippen LogP contribution in [0.2, 0.25) is 0 Å². The van der Waals surface area contributed by atoms with Gasteiger partial charge in [0.15, 0.2) is 0 Å². The Morgan fingerprint density at radius 1 is 0.944 bits per heavy atom. The van der Waals surface area contributed by atoms with Crippen LogP contribution in [0, 0.1) is 11.8 Å². The summed E-state index contributed by atoms with van der Waals surface area (Å²) in [6.45, 7) is 8.80. The normalized spacial score (nSPS) is 28.0. The fourth-order valence-electron chi connectivity index (χ4n) is 2.83. The molecule has 0 saturated carbocycles. The molecule has 2 saturated heterocycles. The molecule has 2 rings (SSSR count). The number of likely N-dealkylation sites (tertiary alicyclic amines) is 2. The molecule has 0 radical (unpaired) electrons. The maximum Gasteiger partial charge on any atom is 0.229 e. The number of hydrogen-bond donors (Lipinski definition) is 0. The van der Waals surface area contributed by atoms with Crippen molar-refractivity contribution < 1.29 is 9.59 Å². The van der Waals surface area contributed by atoms with Crippen LogP contribution in [0.1, 0.15) is 25.7 Å². The summed E-state index contributed by atoms with van der Waals surface area (Å²) < 4.78 is 0. The third-order valence-corrected chi connectivity index (χ3v) is 4.01. The first-order valence-corrected chi connectivity index (χ1v) is 6.53. The lowest BCUT2D eigenvalue weighted by Crippen LogP contribution is -2.24. The van der Waals surface area contributed by atoms with Crippen LogP contribution in [0.3, 0.4) is 0 Å². The summed E-state index contributed by atoms with van der Waals surface area (Å²) in [6, 6.07) is 0. The van der Waals surface area contributed by atoms with E-state index in [4.69, 9.17) is 0 Å². The van der Waals surface area contributed by atoms with Gasteiger partial charge in [-0.3, -0.25) is 9.59 Å². The van der Waals surface area contributed by atoms with Crippen molar-refractivity contribution in [1.82, 2.24) is 9.80 Å². The topological polar surface area (TPSA) is 40.6 Å². The van der Waals surface area contributed by atoms with Crippen molar-refractivity contribution >= 4 is 11.8 Å². The Morgan fingerprint density at radius 3 is 1.61 bits per heavy atom. The number of nitrogens with zero attached hydrogens (tertiary/aromatic N) is 2. The molecule has 4 heteroatoms. The maximum atomic E-state index is 11.9. The molecule has 2 atom stereocenters. The first-order valence-electron chi connectivity index (χ1n) is 6.53. The lowest BCUT2D eigenvalue weighted by atomic mass is 9.94. The van der Waals surface area contributed by atoms with Gasteiger partial charge >= 0.3 is 0 Å². The molecule has 2 amide bonds. The van der Waals surface area contributed by atoms with Crippen molar-refractivity contribution in [3.63, 3.8) is 0 Å². The molecule has 98 valence electrons. The molecule has 2 unspecified atom stereocenters. The van der Waals surface area contributed by atoms with E-state index in [0.717, 1.165) is 38.8 Å². The SMILES string of the molecule is C=CN1CCC(CCC2CCN(C=C)C2=O)C1=O. The Labute approximate surface area is 108 Å². The van der Waals surface area contributed by atoms with E-state index in [1.54, 1.807) is 22.2 Å². The van der Waals surface area contributed by atoms with E-state index in [1.807, 2.05) is 0 Å². The predicted octanol–water partition coefficient (Wildman–Crippen LogP) is 1.75. The maximum absolute atomic E-state index is 11.9. The molecule has 0 bridgehead atoms. The van der Waals surface area contributed by atoms with Crippen LogP contribution in [0.25, 0.3) is 0 Å². The van der Waals surface area contributed by atoms with E-state index in [-0.39, 0.29) is 23.7 Å². The Hall–Kier alpha value is -1.58. The van der Waals surface area contributed by atoms with E-state index < -0.39 is 0 Å². The number of carbonyl (C=O) groups is 2. The highest BCUT2D eigenvalue weighted by Crippen LogP contribution is 2.28. The van der Waals surface area contributed by atoms with Gasteiger partial charge in [0.2, 0.25) is 11.8 Å². The number of hydrogen-bond acceptors (Lipinski definition) is 2. The molecule has 2 heterocycles. The summed E-state index contributed by atoms with van der Waals surface area (Å²) in [5, 5.41) is 0. The lowest BCUT2D eigenvalue weighted by Gasteiger charge is -2.13. The molecule has 4 nitrogen and oxygen atoms in total. The zero-order valence-electron chi connectivity index (χ0n) is 10.7. The molecular formula is C14H20N2O2. The molecule has 0 spiro atoms. The van der Waals surface area contributed by atoms with Crippen LogP contribution in [0.4, 0.5) is 0 Å². The predicted molar refractivity (Wildman–Crippen MR) is 69.3 cm³/mol. The third kappa shape index (κ3) is 2.33. The van der Waals surface area contributed by atoms with Crippen molar-refractivity contribution in [2.24, 2.45) is 11.8 Å². The van der Waals surface area contributed by atoms with Crippen molar-refractivity contribution in [3.8, 4) is 0 Å². The summed E-state index contributed by atoms with van der Waals surface area (Å²) in [5.41, 5.74) is 0. The van der Waals surface area contributed by atoms with Crippen molar-refractivity contribution in [3.05, 3.63) is 25.6 Å². The van der Waals surface area contributed by atoms with Crippen LogP contribution in [0.5, 0.6) is 0 Å². The first kappa shape index (κ1) is 12.9. The Bertz CT molecular complexity index is 342. The van der Waals surface area contributed by atoms with Gasteiger partial charge in [0, 0.05) is 24.9 Å². The second-order valence-corrected chi connectivity index (χ2v) is 4.98. The van der Waals surface area contributed by atoms with Gasteiger partial charge in [-0.05, 0) is 38.1 Å². The molecule has 2 aliphatic rings. The summed E-state index contributed by atoms with van der Waals surface area (Å²) in [4.78, 5) is 27.1. The van der Waals surface area contributed by atoms with Gasteiger partial charge in [0.25, 0.3) is 0 Å². The van der Waals surface area contributed by atoms with Gasteiger partial charge in [-0.15, -0.1) is 0 Å². The zero-order valence-corrected chi connectivity index (χ0v) is 10.7. The summed E-state index contributed by atoms with van der Waals surface area (Å²) in [5.74, 6) is 0.481. The Balaban J connectivity index is 1.83. The monoisotopic (exact) mass is 248 g/mol. The van der Waals surface area contributed by atoms with Crippen molar-refractivity contribution in [2.75, 3.05) is 13.1 Å². The quantitative estimate of drug-likeness (QED) is 0.743. The molecule has 0 N–H and O–H groups in total. The molecule has 0 aromatic rings. The first-order chi connectivity index (χ1) is 8.67. The largest absolute Gasteiger partial charge is 0.319 e. The number of rotatable bonds is 5. The third-order valence-electron chi connectivity index (χ3n) is 4.01. The fourth-order valence-corrected chi connectivity index (χ4v) is 2.83. The average molecular weight is 248 g/mol. The minimum Gasteiger partial charge on any atom is -0.319 e. The van der Waals surface area contributed by atoms with Gasteiger partial charge < -0.3 is 9.80 Å². The molecular weight excluding hydrogens is 228 g/mol. The van der Waals surface area contributed by atoms with Gasteiger partial charge in [0.1, 0.15) is 0 Å². The second-order valence-electron chi connectivity index (χ2n) is 4.98. The average Bonchev–Trinajstić information content (AvgIpc) is 2.90. The van der Waals surface area contributed by atoms with E-state index in [9.17, 15) is 9.59 Å². The van der Waals surface area contributed by atoms with E-state index in [0.29, 0.717) is 0 Å². The van der Waals surface area contributed by atoms with Crippen LogP contribution < -0.4 is 0 Å². The summed E-state index contributed by atoms with van der Waals surface area (Å²) >= 11 is 0. The molecule has 0 aromatic heterocycles. The Kier molecular flexibility index (Phi) is 3.84. The fraction of sp³-hybridized carbons (Fsp3) is 0.571. The smallest absolute Gasteiger partial charge is 0.229 e. The minimum absolute atomic E-state index is 0.0774. The summed E-state index contributed by atoms with van der Waals surface area (Å²) in [7, 11) is 0. The van der Waals surface area contributed by atoms with Gasteiger partial charge in [0.05, 0.1) is 0 Å². The Morgan fingerprint density at radius 2 is 1.33 bits per heavy atom. The minimum atomic E-state index is 0.0774. The highest BCUT2D eigenvalue weighted by Gasteiger charge is 2.34. The van der Waals surface area contributed by atoms with Gasteiger partial charge in [-0.2, -0.15) is 0 Å². The van der Waals surface area contributed by atoms with E-state index in [1.165, 1.54) is 0 Å². The second kappa shape index (κ2) is 5.38. The highest BCUT2D eigenvalue weighted by molar-refractivity contribution is 5.83. The molecule has 2 fully saturated rings. The van der Waals surface area contributed by atoms with Crippen LogP contribution in [-0.2, 0) is 9.59 Å². The van der Waals surface area contributed by atoms with Gasteiger partial charge in [-0.25, -0.2) is 0 Å². The van der Waals surface area contributed by atoms with Crippen LogP contribution >= 0.6 is 0 Å². The van der Waals surface area contributed by atoms with E-state index in [2.05, 4.69) is 13.2 Å². The molecule has 0 aromatic carbocycles.